The molecular formula is C16H15BrClNO2. The molecule has 1 N–H and O–H groups in total. The standard InChI is InChI=1S/C16H15BrClNO2/c1-10(19-14-4-3-12(18)9-13(14)17)11-2-5-15-16(8-11)21-7-6-20-15/h2-5,8-10,19H,6-7H2,1H3. The van der Waals surface area contributed by atoms with E-state index in [9.17, 15) is 0 Å². The zero-order valence-electron chi connectivity index (χ0n) is 11.5. The molecule has 0 saturated carbocycles. The van der Waals surface area contributed by atoms with Crippen LogP contribution < -0.4 is 14.8 Å². The van der Waals surface area contributed by atoms with Crippen LogP contribution in [-0.4, -0.2) is 13.2 Å². The predicted molar refractivity (Wildman–Crippen MR) is 88.6 cm³/mol. The third-order valence-corrected chi connectivity index (χ3v) is 4.26. The number of nitrogens with one attached hydrogen (secondary N) is 1. The van der Waals surface area contributed by atoms with Crippen molar-refractivity contribution in [1.82, 2.24) is 0 Å². The van der Waals surface area contributed by atoms with Gasteiger partial charge in [0.05, 0.1) is 0 Å². The smallest absolute Gasteiger partial charge is 0.161 e. The van der Waals surface area contributed by atoms with Gasteiger partial charge in [-0.15, -0.1) is 0 Å². The maximum Gasteiger partial charge on any atom is 0.161 e. The molecule has 0 aliphatic carbocycles. The quantitative estimate of drug-likeness (QED) is 0.822. The average molecular weight is 369 g/mol. The Hall–Kier alpha value is -1.39. The van der Waals surface area contributed by atoms with Crippen molar-refractivity contribution in [2.24, 2.45) is 0 Å². The number of hydrogen-bond donors (Lipinski definition) is 1. The summed E-state index contributed by atoms with van der Waals surface area (Å²) in [4.78, 5) is 0. The van der Waals surface area contributed by atoms with Gasteiger partial charge in [0.1, 0.15) is 13.2 Å². The first-order valence-corrected chi connectivity index (χ1v) is 7.92. The summed E-state index contributed by atoms with van der Waals surface area (Å²) < 4.78 is 12.1. The van der Waals surface area contributed by atoms with Crippen molar-refractivity contribution in [3.63, 3.8) is 0 Å². The van der Waals surface area contributed by atoms with Crippen LogP contribution in [0.1, 0.15) is 18.5 Å². The highest BCUT2D eigenvalue weighted by molar-refractivity contribution is 9.10. The van der Waals surface area contributed by atoms with Gasteiger partial charge in [-0.3, -0.25) is 0 Å². The minimum atomic E-state index is 0.137. The molecule has 1 aliphatic heterocycles. The van der Waals surface area contributed by atoms with Gasteiger partial charge in [-0.2, -0.15) is 0 Å². The molecule has 110 valence electrons. The van der Waals surface area contributed by atoms with Crippen LogP contribution in [0.3, 0.4) is 0 Å². The van der Waals surface area contributed by atoms with Gasteiger partial charge in [0.25, 0.3) is 0 Å². The van der Waals surface area contributed by atoms with Crippen molar-refractivity contribution in [1.29, 1.82) is 0 Å². The minimum absolute atomic E-state index is 0.137. The topological polar surface area (TPSA) is 30.5 Å². The first kappa shape index (κ1) is 14.5. The summed E-state index contributed by atoms with van der Waals surface area (Å²) in [5.74, 6) is 1.62. The van der Waals surface area contributed by atoms with Crippen molar-refractivity contribution in [2.75, 3.05) is 18.5 Å². The van der Waals surface area contributed by atoms with E-state index in [1.165, 1.54) is 0 Å². The number of benzene rings is 2. The van der Waals surface area contributed by atoms with Crippen LogP contribution in [0.5, 0.6) is 11.5 Å². The molecule has 1 unspecified atom stereocenters. The predicted octanol–water partition coefficient (Wildman–Crippen LogP) is 5.05. The van der Waals surface area contributed by atoms with Crippen molar-refractivity contribution in [3.8, 4) is 11.5 Å². The summed E-state index contributed by atoms with van der Waals surface area (Å²) in [6, 6.07) is 11.9. The number of ether oxygens (including phenoxy) is 2. The molecule has 1 atom stereocenters. The third kappa shape index (κ3) is 3.27. The van der Waals surface area contributed by atoms with Crippen LogP contribution in [0.2, 0.25) is 5.02 Å². The van der Waals surface area contributed by atoms with E-state index in [2.05, 4.69) is 34.2 Å². The van der Waals surface area contributed by atoms with Crippen molar-refractivity contribution >= 4 is 33.2 Å². The Labute approximate surface area is 137 Å². The van der Waals surface area contributed by atoms with Crippen LogP contribution in [0, 0.1) is 0 Å². The number of anilines is 1. The second kappa shape index (κ2) is 6.16. The van der Waals surface area contributed by atoms with E-state index in [4.69, 9.17) is 21.1 Å². The molecule has 3 rings (SSSR count). The Morgan fingerprint density at radius 2 is 1.86 bits per heavy atom. The summed E-state index contributed by atoms with van der Waals surface area (Å²) in [6.07, 6.45) is 0. The number of fused-ring (bicyclic) bond motifs is 1. The largest absolute Gasteiger partial charge is 0.486 e. The molecule has 0 radical (unpaired) electrons. The summed E-state index contributed by atoms with van der Waals surface area (Å²) in [6.45, 7) is 3.31. The fourth-order valence-electron chi connectivity index (χ4n) is 2.25. The zero-order chi connectivity index (χ0) is 14.8. The van der Waals surface area contributed by atoms with Gasteiger partial charge in [0, 0.05) is 21.2 Å². The van der Waals surface area contributed by atoms with Gasteiger partial charge >= 0.3 is 0 Å². The summed E-state index contributed by atoms with van der Waals surface area (Å²) in [5, 5.41) is 4.17. The van der Waals surface area contributed by atoms with Crippen LogP contribution >= 0.6 is 27.5 Å². The molecule has 0 fully saturated rings. The van der Waals surface area contributed by atoms with Crippen molar-refractivity contribution in [2.45, 2.75) is 13.0 Å². The second-order valence-corrected chi connectivity index (χ2v) is 6.18. The Morgan fingerprint density at radius 3 is 2.62 bits per heavy atom. The maximum atomic E-state index is 5.96. The van der Waals surface area contributed by atoms with E-state index < -0.39 is 0 Å². The average Bonchev–Trinajstić information content (AvgIpc) is 2.49. The van der Waals surface area contributed by atoms with Crippen LogP contribution in [-0.2, 0) is 0 Å². The highest BCUT2D eigenvalue weighted by Crippen LogP contribution is 2.34. The fraction of sp³-hybridized carbons (Fsp3) is 0.250. The molecule has 0 aromatic heterocycles. The van der Waals surface area contributed by atoms with E-state index in [0.717, 1.165) is 27.2 Å². The van der Waals surface area contributed by atoms with Gasteiger partial charge in [0.2, 0.25) is 0 Å². The maximum absolute atomic E-state index is 5.96. The molecule has 2 aromatic carbocycles. The van der Waals surface area contributed by atoms with Gasteiger partial charge in [0.15, 0.2) is 11.5 Å². The van der Waals surface area contributed by atoms with E-state index in [-0.39, 0.29) is 6.04 Å². The van der Waals surface area contributed by atoms with E-state index in [1.54, 1.807) is 0 Å². The van der Waals surface area contributed by atoms with Gasteiger partial charge < -0.3 is 14.8 Å². The van der Waals surface area contributed by atoms with Gasteiger partial charge in [-0.05, 0) is 58.7 Å². The normalized spacial score (nSPS) is 14.6. The molecular weight excluding hydrogens is 354 g/mol. The molecule has 21 heavy (non-hydrogen) atoms. The fourth-order valence-corrected chi connectivity index (χ4v) is 3.05. The van der Waals surface area contributed by atoms with Crippen LogP contribution in [0.25, 0.3) is 0 Å². The van der Waals surface area contributed by atoms with Gasteiger partial charge in [-0.25, -0.2) is 0 Å². The molecule has 2 aromatic rings. The Morgan fingerprint density at radius 1 is 1.10 bits per heavy atom. The zero-order valence-corrected chi connectivity index (χ0v) is 13.9. The monoisotopic (exact) mass is 367 g/mol. The number of halogens is 2. The Bertz CT molecular complexity index is 663. The summed E-state index contributed by atoms with van der Waals surface area (Å²) >= 11 is 9.48. The van der Waals surface area contributed by atoms with Crippen LogP contribution in [0.15, 0.2) is 40.9 Å². The third-order valence-electron chi connectivity index (χ3n) is 3.37. The lowest BCUT2D eigenvalue weighted by atomic mass is 10.1. The molecule has 1 heterocycles. The molecule has 3 nitrogen and oxygen atoms in total. The summed E-state index contributed by atoms with van der Waals surface area (Å²) in [7, 11) is 0. The van der Waals surface area contributed by atoms with Gasteiger partial charge in [-0.1, -0.05) is 17.7 Å². The Balaban J connectivity index is 1.80. The minimum Gasteiger partial charge on any atom is -0.486 e. The van der Waals surface area contributed by atoms with Crippen LogP contribution in [0.4, 0.5) is 5.69 Å². The molecule has 0 bridgehead atoms. The molecule has 5 heteroatoms. The summed E-state index contributed by atoms with van der Waals surface area (Å²) in [5.41, 5.74) is 2.14. The van der Waals surface area contributed by atoms with Crippen molar-refractivity contribution < 1.29 is 9.47 Å². The highest BCUT2D eigenvalue weighted by atomic mass is 79.9. The Kier molecular flexibility index (Phi) is 4.27. The molecule has 0 amide bonds. The first-order chi connectivity index (χ1) is 10.1. The van der Waals surface area contributed by atoms with Crippen molar-refractivity contribution in [3.05, 3.63) is 51.5 Å². The lowest BCUT2D eigenvalue weighted by Gasteiger charge is -2.22. The molecule has 0 saturated heterocycles. The molecule has 1 aliphatic rings. The van der Waals surface area contributed by atoms with E-state index in [0.29, 0.717) is 18.2 Å². The lowest BCUT2D eigenvalue weighted by Crippen LogP contribution is -2.16. The SMILES string of the molecule is CC(Nc1ccc(Cl)cc1Br)c1ccc2c(c1)OCCO2. The number of hydrogen-bond acceptors (Lipinski definition) is 3. The molecule has 0 spiro atoms. The van der Waals surface area contributed by atoms with E-state index >= 15 is 0 Å². The second-order valence-electron chi connectivity index (χ2n) is 4.89. The van der Waals surface area contributed by atoms with E-state index in [1.807, 2.05) is 30.3 Å². The highest BCUT2D eigenvalue weighted by Gasteiger charge is 2.15. The lowest BCUT2D eigenvalue weighted by molar-refractivity contribution is 0.171. The number of rotatable bonds is 3. The first-order valence-electron chi connectivity index (χ1n) is 6.74.